The Labute approximate surface area is 182 Å². The van der Waals surface area contributed by atoms with Gasteiger partial charge >= 0.3 is 0 Å². The number of aromatic nitrogens is 1. The van der Waals surface area contributed by atoms with Gasteiger partial charge in [0.25, 0.3) is 5.91 Å². The molecular formula is C21H15Cl2N3O2S. The largest absolute Gasteiger partial charge is 0.457 e. The number of thioether (sulfide) groups is 1. The van der Waals surface area contributed by atoms with Crippen molar-refractivity contribution in [2.24, 2.45) is 4.99 Å². The lowest BCUT2D eigenvalue weighted by molar-refractivity contribution is -0.121. The molecule has 0 bridgehead atoms. The summed E-state index contributed by atoms with van der Waals surface area (Å²) in [6.07, 6.45) is 1.69. The number of carbonyl (C=O) groups is 1. The lowest BCUT2D eigenvalue weighted by Gasteiger charge is -2.06. The standard InChI is InChI=1S/C21H15Cl2N3O2S/c1-12-4-3-5-19(24-12)25-21-26(2)20(27)18(29-21)11-14-7-9-17(28-14)15-10-13(22)6-8-16(15)23/h3-11H,1-2H3/b18-11+,25-21+. The van der Waals surface area contributed by atoms with Crippen LogP contribution in [0.5, 0.6) is 0 Å². The number of amides is 1. The monoisotopic (exact) mass is 443 g/mol. The lowest BCUT2D eigenvalue weighted by atomic mass is 10.2. The normalized spacial score (nSPS) is 17.0. The van der Waals surface area contributed by atoms with Gasteiger partial charge in [0.1, 0.15) is 11.5 Å². The van der Waals surface area contributed by atoms with Crippen LogP contribution in [0.1, 0.15) is 11.5 Å². The van der Waals surface area contributed by atoms with Crippen molar-refractivity contribution in [2.45, 2.75) is 6.92 Å². The summed E-state index contributed by atoms with van der Waals surface area (Å²) in [5.41, 5.74) is 1.56. The maximum absolute atomic E-state index is 12.6. The number of nitrogens with zero attached hydrogens (tertiary/aromatic N) is 3. The predicted octanol–water partition coefficient (Wildman–Crippen LogP) is 6.19. The molecule has 0 saturated carbocycles. The topological polar surface area (TPSA) is 58.7 Å². The summed E-state index contributed by atoms with van der Waals surface area (Å²) in [5.74, 6) is 1.52. The van der Waals surface area contributed by atoms with Crippen LogP contribution in [0.3, 0.4) is 0 Å². The second-order valence-electron chi connectivity index (χ2n) is 6.33. The fourth-order valence-electron chi connectivity index (χ4n) is 2.73. The number of amidine groups is 1. The van der Waals surface area contributed by atoms with Crippen molar-refractivity contribution >= 4 is 57.9 Å². The zero-order valence-electron chi connectivity index (χ0n) is 15.5. The van der Waals surface area contributed by atoms with Gasteiger partial charge in [-0.1, -0.05) is 29.3 Å². The Morgan fingerprint density at radius 2 is 2.00 bits per heavy atom. The van der Waals surface area contributed by atoms with Crippen LogP contribution in [-0.2, 0) is 4.79 Å². The van der Waals surface area contributed by atoms with Gasteiger partial charge in [-0.2, -0.15) is 0 Å². The van der Waals surface area contributed by atoms with E-state index in [0.29, 0.717) is 43.0 Å². The van der Waals surface area contributed by atoms with Gasteiger partial charge in [0.2, 0.25) is 0 Å². The van der Waals surface area contributed by atoms with Crippen molar-refractivity contribution in [3.8, 4) is 11.3 Å². The fraction of sp³-hybridized carbons (Fsp3) is 0.0952. The molecule has 29 heavy (non-hydrogen) atoms. The molecule has 0 unspecified atom stereocenters. The number of rotatable bonds is 3. The molecule has 0 radical (unpaired) electrons. The number of likely N-dealkylation sites (N-methyl/N-ethyl adjacent to an activating group) is 1. The number of benzene rings is 1. The highest BCUT2D eigenvalue weighted by molar-refractivity contribution is 8.18. The van der Waals surface area contributed by atoms with E-state index in [1.54, 1.807) is 49.5 Å². The highest BCUT2D eigenvalue weighted by atomic mass is 35.5. The van der Waals surface area contributed by atoms with Crippen LogP contribution in [0.2, 0.25) is 10.0 Å². The number of aryl methyl sites for hydroxylation is 1. The van der Waals surface area contributed by atoms with Gasteiger partial charge < -0.3 is 4.42 Å². The SMILES string of the molecule is Cc1cccc(/N=C2/S/C(=C/c3ccc(-c4cc(Cl)ccc4Cl)o3)C(=O)N2C)n1. The second kappa shape index (κ2) is 8.06. The Balaban J connectivity index is 1.61. The Morgan fingerprint density at radius 1 is 1.17 bits per heavy atom. The van der Waals surface area contributed by atoms with E-state index >= 15 is 0 Å². The maximum Gasteiger partial charge on any atom is 0.266 e. The highest BCUT2D eigenvalue weighted by Gasteiger charge is 2.30. The molecule has 1 aliphatic heterocycles. The minimum Gasteiger partial charge on any atom is -0.457 e. The molecule has 0 spiro atoms. The van der Waals surface area contributed by atoms with Crippen LogP contribution < -0.4 is 0 Å². The minimum atomic E-state index is -0.153. The van der Waals surface area contributed by atoms with E-state index in [2.05, 4.69) is 9.98 Å². The van der Waals surface area contributed by atoms with Gasteiger partial charge in [-0.25, -0.2) is 9.98 Å². The molecular weight excluding hydrogens is 429 g/mol. The minimum absolute atomic E-state index is 0.153. The van der Waals surface area contributed by atoms with E-state index < -0.39 is 0 Å². The number of hydrogen-bond donors (Lipinski definition) is 0. The van der Waals surface area contributed by atoms with E-state index in [9.17, 15) is 4.79 Å². The molecule has 3 aromatic rings. The van der Waals surface area contributed by atoms with E-state index in [1.807, 2.05) is 19.1 Å². The molecule has 146 valence electrons. The van der Waals surface area contributed by atoms with Gasteiger partial charge in [0.05, 0.1) is 9.93 Å². The fourth-order valence-corrected chi connectivity index (χ4v) is 4.07. The molecule has 3 heterocycles. The van der Waals surface area contributed by atoms with E-state index in [0.717, 1.165) is 5.69 Å². The van der Waals surface area contributed by atoms with E-state index in [1.165, 1.54) is 16.7 Å². The van der Waals surface area contributed by atoms with Crippen molar-refractivity contribution in [2.75, 3.05) is 7.05 Å². The average Bonchev–Trinajstić information content (AvgIpc) is 3.25. The summed E-state index contributed by atoms with van der Waals surface area (Å²) in [6.45, 7) is 1.90. The van der Waals surface area contributed by atoms with Gasteiger partial charge in [-0.15, -0.1) is 0 Å². The van der Waals surface area contributed by atoms with Gasteiger partial charge in [0, 0.05) is 29.4 Å². The molecule has 1 aliphatic rings. The molecule has 1 amide bonds. The van der Waals surface area contributed by atoms with E-state index in [4.69, 9.17) is 27.6 Å². The quantitative estimate of drug-likeness (QED) is 0.452. The Kier molecular flexibility index (Phi) is 5.50. The first-order valence-electron chi connectivity index (χ1n) is 8.66. The first kappa shape index (κ1) is 19.8. The zero-order valence-corrected chi connectivity index (χ0v) is 17.8. The molecule has 8 heteroatoms. The summed E-state index contributed by atoms with van der Waals surface area (Å²) < 4.78 is 5.86. The third-order valence-corrected chi connectivity index (χ3v) is 5.81. The Bertz CT molecular complexity index is 1170. The zero-order chi connectivity index (χ0) is 20.5. The third kappa shape index (κ3) is 4.24. The van der Waals surface area contributed by atoms with Crippen LogP contribution in [0.4, 0.5) is 5.82 Å². The lowest BCUT2D eigenvalue weighted by Crippen LogP contribution is -2.23. The van der Waals surface area contributed by atoms with Crippen molar-refractivity contribution in [1.82, 2.24) is 9.88 Å². The molecule has 1 saturated heterocycles. The Hall–Kier alpha value is -2.54. The number of pyridine rings is 1. The number of halogens is 2. The Morgan fingerprint density at radius 3 is 2.79 bits per heavy atom. The number of aliphatic imine (C=N–C) groups is 1. The average molecular weight is 444 g/mol. The molecule has 1 aromatic carbocycles. The smallest absolute Gasteiger partial charge is 0.266 e. The summed E-state index contributed by atoms with van der Waals surface area (Å²) in [7, 11) is 1.68. The second-order valence-corrected chi connectivity index (χ2v) is 8.19. The van der Waals surface area contributed by atoms with Crippen LogP contribution in [0.25, 0.3) is 17.4 Å². The molecule has 0 N–H and O–H groups in total. The van der Waals surface area contributed by atoms with E-state index in [-0.39, 0.29) is 5.91 Å². The van der Waals surface area contributed by atoms with Crippen LogP contribution in [0, 0.1) is 6.92 Å². The van der Waals surface area contributed by atoms with Crippen LogP contribution >= 0.6 is 35.0 Å². The van der Waals surface area contributed by atoms with Gasteiger partial charge in [-0.05, 0) is 61.2 Å². The molecule has 0 atom stereocenters. The first-order valence-corrected chi connectivity index (χ1v) is 10.2. The van der Waals surface area contributed by atoms with Crippen LogP contribution in [0.15, 0.2) is 62.8 Å². The van der Waals surface area contributed by atoms with Gasteiger partial charge in [0.15, 0.2) is 11.0 Å². The molecule has 4 rings (SSSR count). The molecule has 0 aliphatic carbocycles. The maximum atomic E-state index is 12.6. The summed E-state index contributed by atoms with van der Waals surface area (Å²) in [5, 5.41) is 1.66. The number of carbonyl (C=O) groups excluding carboxylic acids is 1. The van der Waals surface area contributed by atoms with Crippen molar-refractivity contribution in [1.29, 1.82) is 0 Å². The van der Waals surface area contributed by atoms with Gasteiger partial charge in [-0.3, -0.25) is 9.69 Å². The van der Waals surface area contributed by atoms with Crippen LogP contribution in [-0.4, -0.2) is 28.0 Å². The summed E-state index contributed by atoms with van der Waals surface area (Å²) in [4.78, 5) is 23.5. The first-order chi connectivity index (χ1) is 13.9. The van der Waals surface area contributed by atoms with Crippen molar-refractivity contribution < 1.29 is 9.21 Å². The summed E-state index contributed by atoms with van der Waals surface area (Å²) >= 11 is 13.6. The predicted molar refractivity (Wildman–Crippen MR) is 119 cm³/mol. The third-order valence-electron chi connectivity index (χ3n) is 4.18. The molecule has 1 fully saturated rings. The molecule has 2 aromatic heterocycles. The molecule has 5 nitrogen and oxygen atoms in total. The summed E-state index contributed by atoms with van der Waals surface area (Å²) in [6, 6.07) is 14.3. The van der Waals surface area contributed by atoms with Crippen molar-refractivity contribution in [3.05, 3.63) is 74.9 Å². The van der Waals surface area contributed by atoms with Crippen molar-refractivity contribution in [3.63, 3.8) is 0 Å². The number of furan rings is 1. The number of hydrogen-bond acceptors (Lipinski definition) is 5. The highest BCUT2D eigenvalue weighted by Crippen LogP contribution is 2.35.